The van der Waals surface area contributed by atoms with Crippen molar-refractivity contribution in [2.24, 2.45) is 0 Å². The minimum Gasteiger partial charge on any atom is -0.489 e. The summed E-state index contributed by atoms with van der Waals surface area (Å²) >= 11 is 0. The molecule has 3 N–H and O–H groups in total. The van der Waals surface area contributed by atoms with Crippen molar-refractivity contribution in [2.45, 2.75) is 26.6 Å². The van der Waals surface area contributed by atoms with Gasteiger partial charge in [-0.2, -0.15) is 0 Å². The number of rotatable bonds is 10. The van der Waals surface area contributed by atoms with E-state index in [1.54, 1.807) is 6.07 Å². The largest absolute Gasteiger partial charge is 0.489 e. The Morgan fingerprint density at radius 3 is 2.69 bits per heavy atom. The smallest absolute Gasteiger partial charge is 0.245 e. The van der Waals surface area contributed by atoms with E-state index in [2.05, 4.69) is 20.6 Å². The molecule has 0 aliphatic heterocycles. The highest BCUT2D eigenvalue weighted by Crippen LogP contribution is 2.33. The van der Waals surface area contributed by atoms with Crippen molar-refractivity contribution in [1.82, 2.24) is 15.3 Å². The molecule has 4 rings (SSSR count). The Labute approximate surface area is 208 Å². The van der Waals surface area contributed by atoms with Gasteiger partial charge in [0, 0.05) is 5.69 Å². The quantitative estimate of drug-likeness (QED) is 0.305. The molecule has 0 bridgehead atoms. The molecule has 0 radical (unpaired) electrons. The van der Waals surface area contributed by atoms with E-state index >= 15 is 0 Å². The molecule has 4 aromatic rings. The molecule has 9 heteroatoms. The molecular formula is C27H27FN4O4. The van der Waals surface area contributed by atoms with Crippen LogP contribution in [0.5, 0.6) is 11.5 Å². The number of amides is 1. The molecule has 1 amide bonds. The Kier molecular flexibility index (Phi) is 7.92. The summed E-state index contributed by atoms with van der Waals surface area (Å²) in [5.74, 6) is 1.06. The summed E-state index contributed by atoms with van der Waals surface area (Å²) in [6.07, 6.45) is 1.12. The standard InChI is InChI=1S/C27H27FN4O4/c1-17-11-21(9-10-23(17)35-15-19-5-3-6-20(28)12-19)32-27-26-22(30-16-31-27)7-4-8-24(26)36-18(2)13-29-25(34)14-33/h3-12,16,18,33H,13-15H2,1-2H3,(H,29,34)(H,30,31,32). The van der Waals surface area contributed by atoms with Crippen LogP contribution in [0.25, 0.3) is 10.9 Å². The predicted molar refractivity (Wildman–Crippen MR) is 135 cm³/mol. The second kappa shape index (κ2) is 11.5. The van der Waals surface area contributed by atoms with Crippen LogP contribution < -0.4 is 20.1 Å². The molecule has 1 unspecified atom stereocenters. The van der Waals surface area contributed by atoms with Gasteiger partial charge in [0.15, 0.2) is 0 Å². The number of aryl methyl sites for hydroxylation is 1. The van der Waals surface area contributed by atoms with Crippen LogP contribution in [0.4, 0.5) is 15.9 Å². The van der Waals surface area contributed by atoms with Crippen LogP contribution in [-0.2, 0) is 11.4 Å². The summed E-state index contributed by atoms with van der Waals surface area (Å²) in [7, 11) is 0. The van der Waals surface area contributed by atoms with Gasteiger partial charge in [-0.3, -0.25) is 4.79 Å². The Hall–Kier alpha value is -4.24. The summed E-state index contributed by atoms with van der Waals surface area (Å²) in [5, 5.41) is 15.5. The molecule has 0 saturated carbocycles. The fraction of sp³-hybridized carbons (Fsp3) is 0.222. The van der Waals surface area contributed by atoms with Gasteiger partial charge in [-0.1, -0.05) is 18.2 Å². The van der Waals surface area contributed by atoms with Crippen LogP contribution in [-0.4, -0.2) is 40.2 Å². The highest BCUT2D eigenvalue weighted by Gasteiger charge is 2.14. The molecule has 0 aliphatic carbocycles. The van der Waals surface area contributed by atoms with Crippen molar-refractivity contribution >= 4 is 28.3 Å². The first kappa shape index (κ1) is 24.9. The molecule has 1 aromatic heterocycles. The molecule has 0 aliphatic rings. The molecule has 0 fully saturated rings. The molecular weight excluding hydrogens is 463 g/mol. The lowest BCUT2D eigenvalue weighted by Gasteiger charge is -2.18. The number of aliphatic hydroxyl groups is 1. The number of hydrogen-bond acceptors (Lipinski definition) is 7. The molecule has 36 heavy (non-hydrogen) atoms. The number of carbonyl (C=O) groups excluding carboxylic acids is 1. The van der Waals surface area contributed by atoms with Gasteiger partial charge in [0.25, 0.3) is 0 Å². The van der Waals surface area contributed by atoms with Gasteiger partial charge in [-0.25, -0.2) is 14.4 Å². The van der Waals surface area contributed by atoms with Gasteiger partial charge in [-0.05, 0) is 67.4 Å². The molecule has 1 heterocycles. The molecule has 186 valence electrons. The normalized spacial score (nSPS) is 11.7. The number of fused-ring (bicyclic) bond motifs is 1. The van der Waals surface area contributed by atoms with Gasteiger partial charge >= 0.3 is 0 Å². The van der Waals surface area contributed by atoms with Crippen molar-refractivity contribution in [3.05, 3.63) is 83.9 Å². The SMILES string of the molecule is Cc1cc(Nc2ncnc3cccc(OC(C)CNC(=O)CO)c23)ccc1OCc1cccc(F)c1. The molecule has 8 nitrogen and oxygen atoms in total. The van der Waals surface area contributed by atoms with Crippen molar-refractivity contribution in [3.63, 3.8) is 0 Å². The minimum absolute atomic E-state index is 0.239. The lowest BCUT2D eigenvalue weighted by molar-refractivity contribution is -0.124. The lowest BCUT2D eigenvalue weighted by Crippen LogP contribution is -2.35. The van der Waals surface area contributed by atoms with E-state index in [0.717, 1.165) is 16.8 Å². The van der Waals surface area contributed by atoms with Crippen LogP contribution in [0.2, 0.25) is 0 Å². The first-order valence-electron chi connectivity index (χ1n) is 11.5. The van der Waals surface area contributed by atoms with E-state index in [1.807, 2.05) is 56.3 Å². The van der Waals surface area contributed by atoms with Gasteiger partial charge in [0.2, 0.25) is 5.91 Å². The third-order valence-corrected chi connectivity index (χ3v) is 5.40. The zero-order valence-electron chi connectivity index (χ0n) is 20.0. The lowest BCUT2D eigenvalue weighted by atomic mass is 10.1. The van der Waals surface area contributed by atoms with Crippen molar-refractivity contribution in [1.29, 1.82) is 0 Å². The fourth-order valence-electron chi connectivity index (χ4n) is 3.66. The molecule has 1 atom stereocenters. The summed E-state index contributed by atoms with van der Waals surface area (Å²) in [4.78, 5) is 20.1. The van der Waals surface area contributed by atoms with E-state index in [4.69, 9.17) is 14.6 Å². The predicted octanol–water partition coefficient (Wildman–Crippen LogP) is 4.28. The second-order valence-electron chi connectivity index (χ2n) is 8.29. The highest BCUT2D eigenvalue weighted by molar-refractivity contribution is 5.95. The Morgan fingerprint density at radius 2 is 1.92 bits per heavy atom. The van der Waals surface area contributed by atoms with Gasteiger partial charge in [-0.15, -0.1) is 0 Å². The average molecular weight is 491 g/mol. The zero-order valence-corrected chi connectivity index (χ0v) is 20.0. The first-order chi connectivity index (χ1) is 17.4. The number of aliphatic hydroxyl groups excluding tert-OH is 1. The average Bonchev–Trinajstić information content (AvgIpc) is 2.87. The zero-order chi connectivity index (χ0) is 25.5. The Balaban J connectivity index is 1.51. The summed E-state index contributed by atoms with van der Waals surface area (Å²) in [6.45, 7) is 3.68. The molecule has 3 aromatic carbocycles. The minimum atomic E-state index is -0.572. The number of nitrogens with zero attached hydrogens (tertiary/aromatic N) is 2. The highest BCUT2D eigenvalue weighted by atomic mass is 19.1. The van der Waals surface area contributed by atoms with Crippen LogP contribution in [0, 0.1) is 12.7 Å². The number of ether oxygens (including phenoxy) is 2. The maximum absolute atomic E-state index is 13.4. The van der Waals surface area contributed by atoms with E-state index in [0.29, 0.717) is 28.2 Å². The van der Waals surface area contributed by atoms with Crippen LogP contribution in [0.3, 0.4) is 0 Å². The second-order valence-corrected chi connectivity index (χ2v) is 8.29. The van der Waals surface area contributed by atoms with Gasteiger partial charge < -0.3 is 25.2 Å². The van der Waals surface area contributed by atoms with E-state index in [-0.39, 0.29) is 25.1 Å². The van der Waals surface area contributed by atoms with Crippen LogP contribution in [0.1, 0.15) is 18.1 Å². The number of hydrogen-bond donors (Lipinski definition) is 3. The number of aromatic nitrogens is 2. The first-order valence-corrected chi connectivity index (χ1v) is 11.5. The van der Waals surface area contributed by atoms with Crippen LogP contribution in [0.15, 0.2) is 67.0 Å². The van der Waals surface area contributed by atoms with Gasteiger partial charge in [0.05, 0.1) is 17.4 Å². The number of carbonyl (C=O) groups is 1. The summed E-state index contributed by atoms with van der Waals surface area (Å²) < 4.78 is 25.4. The third kappa shape index (κ3) is 6.25. The number of nitrogens with one attached hydrogen (secondary N) is 2. The van der Waals surface area contributed by atoms with Crippen molar-refractivity contribution in [3.8, 4) is 11.5 Å². The van der Waals surface area contributed by atoms with Crippen molar-refractivity contribution < 1.29 is 23.8 Å². The van der Waals surface area contributed by atoms with E-state index in [9.17, 15) is 9.18 Å². The maximum Gasteiger partial charge on any atom is 0.245 e. The Morgan fingerprint density at radius 1 is 1.08 bits per heavy atom. The maximum atomic E-state index is 13.4. The monoisotopic (exact) mass is 490 g/mol. The number of benzene rings is 3. The van der Waals surface area contributed by atoms with E-state index in [1.165, 1.54) is 18.5 Å². The van der Waals surface area contributed by atoms with Gasteiger partial charge in [0.1, 0.15) is 48.8 Å². The van der Waals surface area contributed by atoms with Crippen LogP contribution >= 0.6 is 0 Å². The van der Waals surface area contributed by atoms with E-state index < -0.39 is 12.5 Å². The summed E-state index contributed by atoms with van der Waals surface area (Å²) in [6, 6.07) is 17.5. The summed E-state index contributed by atoms with van der Waals surface area (Å²) in [5.41, 5.74) is 3.15. The third-order valence-electron chi connectivity index (χ3n) is 5.40. The van der Waals surface area contributed by atoms with Crippen molar-refractivity contribution in [2.75, 3.05) is 18.5 Å². The number of anilines is 2. The number of halogens is 1. The fourth-order valence-corrected chi connectivity index (χ4v) is 3.66. The molecule has 0 saturated heterocycles. The Bertz CT molecular complexity index is 1360. The topological polar surface area (TPSA) is 106 Å². The molecule has 0 spiro atoms.